The highest BCUT2D eigenvalue weighted by Crippen LogP contribution is 2.47. The Balaban J connectivity index is 1.70. The third kappa shape index (κ3) is 3.43. The van der Waals surface area contributed by atoms with E-state index in [0.29, 0.717) is 24.1 Å². The van der Waals surface area contributed by atoms with Crippen molar-refractivity contribution in [1.29, 1.82) is 0 Å². The molecular weight excluding hydrogens is 386 g/mol. The van der Waals surface area contributed by atoms with Gasteiger partial charge < -0.3 is 29.6 Å². The summed E-state index contributed by atoms with van der Waals surface area (Å²) < 4.78 is 11.5. The van der Waals surface area contributed by atoms with Crippen LogP contribution in [0.4, 0.5) is 4.79 Å². The average molecular weight is 411 g/mol. The first-order valence-corrected chi connectivity index (χ1v) is 9.78. The Morgan fingerprint density at radius 2 is 2.07 bits per heavy atom. The number of methoxy groups -OCH3 is 1. The van der Waals surface area contributed by atoms with Crippen molar-refractivity contribution in [3.05, 3.63) is 48.0 Å². The van der Waals surface area contributed by atoms with Crippen molar-refractivity contribution < 1.29 is 24.5 Å². The lowest BCUT2D eigenvalue weighted by molar-refractivity contribution is 0.0481. The molecule has 1 fully saturated rings. The largest absolute Gasteiger partial charge is 0.493 e. The molecule has 158 valence electrons. The van der Waals surface area contributed by atoms with Gasteiger partial charge in [-0.25, -0.2) is 4.79 Å². The molecule has 1 saturated heterocycles. The highest BCUT2D eigenvalue weighted by molar-refractivity contribution is 5.75. The van der Waals surface area contributed by atoms with Gasteiger partial charge in [-0.1, -0.05) is 25.1 Å². The number of aliphatic hydroxyl groups excluding tert-OH is 1. The smallest absolute Gasteiger partial charge is 0.407 e. The molecule has 1 aromatic heterocycles. The third-order valence-electron chi connectivity index (χ3n) is 6.12. The molecule has 1 amide bonds. The maximum absolute atomic E-state index is 11.6. The SMILES string of the molecule is COc1ccc([C@@H]2CN(C(=O)O)C[C@@]2(C)[C@@H](C)O)cc1Oc1nc2ccccc2[nH]1. The Kier molecular flexibility index (Phi) is 5.03. The van der Waals surface area contributed by atoms with Gasteiger partial charge in [0.05, 0.1) is 24.2 Å². The van der Waals surface area contributed by atoms with Gasteiger partial charge in [0.1, 0.15) is 0 Å². The van der Waals surface area contributed by atoms with E-state index in [9.17, 15) is 15.0 Å². The van der Waals surface area contributed by atoms with Crippen LogP contribution in [0.1, 0.15) is 25.3 Å². The number of aliphatic hydroxyl groups is 1. The van der Waals surface area contributed by atoms with Crippen molar-refractivity contribution in [1.82, 2.24) is 14.9 Å². The zero-order chi connectivity index (χ0) is 21.5. The number of rotatable bonds is 5. The van der Waals surface area contributed by atoms with Crippen LogP contribution in [0.15, 0.2) is 42.5 Å². The molecule has 1 aliphatic heterocycles. The van der Waals surface area contributed by atoms with Gasteiger partial charge in [-0.15, -0.1) is 0 Å². The molecule has 2 aromatic carbocycles. The number of amides is 1. The predicted octanol–water partition coefficient (Wildman–Crippen LogP) is 3.83. The van der Waals surface area contributed by atoms with Crippen molar-refractivity contribution in [3.63, 3.8) is 0 Å². The van der Waals surface area contributed by atoms with E-state index in [0.717, 1.165) is 16.6 Å². The molecular formula is C22H25N3O5. The van der Waals surface area contributed by atoms with Gasteiger partial charge in [-0.05, 0) is 36.8 Å². The molecule has 1 aliphatic rings. The molecule has 3 atom stereocenters. The van der Waals surface area contributed by atoms with E-state index >= 15 is 0 Å². The Morgan fingerprint density at radius 3 is 2.73 bits per heavy atom. The number of fused-ring (bicyclic) bond motifs is 1. The molecule has 0 saturated carbocycles. The molecule has 0 bridgehead atoms. The lowest BCUT2D eigenvalue weighted by Crippen LogP contribution is -2.37. The molecule has 3 aromatic rings. The number of hydrogen-bond donors (Lipinski definition) is 3. The van der Waals surface area contributed by atoms with E-state index in [1.165, 1.54) is 4.90 Å². The second kappa shape index (κ2) is 7.53. The van der Waals surface area contributed by atoms with Gasteiger partial charge in [-0.3, -0.25) is 0 Å². The number of benzene rings is 2. The lowest BCUT2D eigenvalue weighted by Gasteiger charge is -2.33. The maximum Gasteiger partial charge on any atom is 0.407 e. The molecule has 4 rings (SSSR count). The number of H-pyrrole nitrogens is 1. The second-order valence-electron chi connectivity index (χ2n) is 7.97. The molecule has 8 nitrogen and oxygen atoms in total. The number of aromatic amines is 1. The number of para-hydroxylation sites is 2. The summed E-state index contributed by atoms with van der Waals surface area (Å²) in [5.41, 5.74) is 1.90. The number of carbonyl (C=O) groups is 1. The number of carboxylic acid groups (broad SMARTS) is 1. The van der Waals surface area contributed by atoms with Gasteiger partial charge in [0, 0.05) is 24.4 Å². The molecule has 0 radical (unpaired) electrons. The molecule has 0 spiro atoms. The predicted molar refractivity (Wildman–Crippen MR) is 111 cm³/mol. The van der Waals surface area contributed by atoms with E-state index in [-0.39, 0.29) is 12.5 Å². The quantitative estimate of drug-likeness (QED) is 0.589. The molecule has 0 aliphatic carbocycles. The van der Waals surface area contributed by atoms with Crippen LogP contribution in [0.5, 0.6) is 17.5 Å². The van der Waals surface area contributed by atoms with Crippen LogP contribution >= 0.6 is 0 Å². The topological polar surface area (TPSA) is 108 Å². The Hall–Kier alpha value is -3.26. The number of ether oxygens (including phenoxy) is 2. The standard InChI is InChI=1S/C22H25N3O5/c1-13(26)22(2)12-25(21(27)28)11-15(22)14-8-9-18(29-3)19(10-14)30-20-23-16-6-4-5-7-17(16)24-20/h4-10,13,15,26H,11-12H2,1-3H3,(H,23,24)(H,27,28)/t13-,15+,22+/m1/s1. The summed E-state index contributed by atoms with van der Waals surface area (Å²) >= 11 is 0. The van der Waals surface area contributed by atoms with E-state index in [1.54, 1.807) is 20.1 Å². The van der Waals surface area contributed by atoms with Crippen LogP contribution < -0.4 is 9.47 Å². The molecule has 3 N–H and O–H groups in total. The minimum atomic E-state index is -0.989. The Bertz CT molecular complexity index is 1050. The van der Waals surface area contributed by atoms with Gasteiger partial charge in [0.25, 0.3) is 6.01 Å². The van der Waals surface area contributed by atoms with Crippen LogP contribution in [0.2, 0.25) is 0 Å². The molecule has 2 heterocycles. The highest BCUT2D eigenvalue weighted by atomic mass is 16.5. The first-order valence-electron chi connectivity index (χ1n) is 9.78. The summed E-state index contributed by atoms with van der Waals surface area (Å²) in [6.07, 6.45) is -1.68. The maximum atomic E-state index is 11.6. The fourth-order valence-electron chi connectivity index (χ4n) is 4.14. The van der Waals surface area contributed by atoms with Gasteiger partial charge in [0.15, 0.2) is 11.5 Å². The van der Waals surface area contributed by atoms with Crippen LogP contribution in [0.3, 0.4) is 0 Å². The molecule has 30 heavy (non-hydrogen) atoms. The first kappa shape index (κ1) is 20.0. The van der Waals surface area contributed by atoms with Gasteiger partial charge in [0.2, 0.25) is 0 Å². The zero-order valence-electron chi connectivity index (χ0n) is 17.1. The number of nitrogens with zero attached hydrogens (tertiary/aromatic N) is 2. The zero-order valence-corrected chi connectivity index (χ0v) is 17.1. The second-order valence-corrected chi connectivity index (χ2v) is 7.97. The summed E-state index contributed by atoms with van der Waals surface area (Å²) in [5.74, 6) is 0.805. The monoisotopic (exact) mass is 411 g/mol. The van der Waals surface area contributed by atoms with Crippen LogP contribution in [-0.2, 0) is 0 Å². The minimum Gasteiger partial charge on any atom is -0.493 e. The van der Waals surface area contributed by atoms with Gasteiger partial charge in [-0.2, -0.15) is 4.98 Å². The fraction of sp³-hybridized carbons (Fsp3) is 0.364. The third-order valence-corrected chi connectivity index (χ3v) is 6.12. The summed E-state index contributed by atoms with van der Waals surface area (Å²) in [6, 6.07) is 13.5. The van der Waals surface area contributed by atoms with Crippen molar-refractivity contribution in [3.8, 4) is 17.5 Å². The number of imidazole rings is 1. The number of hydrogen-bond acceptors (Lipinski definition) is 5. The fourth-order valence-corrected chi connectivity index (χ4v) is 4.14. The van der Waals surface area contributed by atoms with E-state index < -0.39 is 17.6 Å². The highest BCUT2D eigenvalue weighted by Gasteiger charge is 2.48. The lowest BCUT2D eigenvalue weighted by atomic mass is 9.72. The Morgan fingerprint density at radius 1 is 1.30 bits per heavy atom. The van der Waals surface area contributed by atoms with Crippen molar-refractivity contribution in [2.24, 2.45) is 5.41 Å². The number of nitrogens with one attached hydrogen (secondary N) is 1. The van der Waals surface area contributed by atoms with E-state index in [1.807, 2.05) is 43.3 Å². The number of aromatic nitrogens is 2. The normalized spacial score (nSPS) is 22.3. The minimum absolute atomic E-state index is 0.197. The summed E-state index contributed by atoms with van der Waals surface area (Å²) in [7, 11) is 1.56. The van der Waals surface area contributed by atoms with Crippen LogP contribution in [-0.4, -0.2) is 57.5 Å². The number of likely N-dealkylation sites (tertiary alicyclic amines) is 1. The van der Waals surface area contributed by atoms with Crippen molar-refractivity contribution >= 4 is 17.1 Å². The van der Waals surface area contributed by atoms with E-state index in [4.69, 9.17) is 9.47 Å². The van der Waals surface area contributed by atoms with Crippen molar-refractivity contribution in [2.75, 3.05) is 20.2 Å². The molecule has 0 unspecified atom stereocenters. The Labute approximate surface area is 174 Å². The van der Waals surface area contributed by atoms with Crippen molar-refractivity contribution in [2.45, 2.75) is 25.9 Å². The average Bonchev–Trinajstić information content (AvgIpc) is 3.29. The first-order chi connectivity index (χ1) is 14.3. The summed E-state index contributed by atoms with van der Waals surface area (Å²) in [6.45, 7) is 4.17. The molecule has 8 heteroatoms. The van der Waals surface area contributed by atoms with Crippen LogP contribution in [0, 0.1) is 5.41 Å². The van der Waals surface area contributed by atoms with Crippen LogP contribution in [0.25, 0.3) is 11.0 Å². The van der Waals surface area contributed by atoms with Gasteiger partial charge >= 0.3 is 6.09 Å². The summed E-state index contributed by atoms with van der Waals surface area (Å²) in [4.78, 5) is 20.5. The summed E-state index contributed by atoms with van der Waals surface area (Å²) in [5, 5.41) is 19.9. The van der Waals surface area contributed by atoms with E-state index in [2.05, 4.69) is 9.97 Å².